The number of phenolic OH excluding ortho intramolecular Hbond substituents is 1. The second kappa shape index (κ2) is 10.1. The minimum Gasteiger partial charge on any atom is -0.508 e. The van der Waals surface area contributed by atoms with E-state index in [9.17, 15) is 19.5 Å². The molecule has 1 heterocycles. The quantitative estimate of drug-likeness (QED) is 0.511. The number of phenols is 1. The number of carbonyl (C=O) groups is 3. The molecule has 2 aromatic rings. The van der Waals surface area contributed by atoms with Crippen LogP contribution in [0.15, 0.2) is 36.5 Å². The van der Waals surface area contributed by atoms with Crippen molar-refractivity contribution in [1.29, 1.82) is 0 Å². The molecule has 4 N–H and O–H groups in total. The lowest BCUT2D eigenvalue weighted by atomic mass is 10.0. The molecule has 0 saturated heterocycles. The summed E-state index contributed by atoms with van der Waals surface area (Å²) in [6.07, 6.45) is 1.88. The molecule has 0 aliphatic heterocycles. The molecular weight excluding hydrogens is 408 g/mol. The summed E-state index contributed by atoms with van der Waals surface area (Å²) in [5.41, 5.74) is 0.376. The molecule has 1 aromatic heterocycles. The number of anilines is 1. The molecule has 9 heteroatoms. The minimum absolute atomic E-state index is 0.0224. The molecule has 8 nitrogen and oxygen atoms in total. The van der Waals surface area contributed by atoms with Gasteiger partial charge in [0.1, 0.15) is 11.4 Å². The molecule has 0 atom stereocenters. The van der Waals surface area contributed by atoms with Crippen molar-refractivity contribution in [3.63, 3.8) is 0 Å². The molecule has 0 unspecified atom stereocenters. The van der Waals surface area contributed by atoms with Gasteiger partial charge in [-0.3, -0.25) is 19.4 Å². The predicted molar refractivity (Wildman–Crippen MR) is 115 cm³/mol. The van der Waals surface area contributed by atoms with Gasteiger partial charge in [-0.2, -0.15) is 0 Å². The van der Waals surface area contributed by atoms with Gasteiger partial charge in [0.05, 0.1) is 6.42 Å². The van der Waals surface area contributed by atoms with Gasteiger partial charge in [0, 0.05) is 41.5 Å². The van der Waals surface area contributed by atoms with Gasteiger partial charge in [-0.15, -0.1) is 0 Å². The fourth-order valence-electron chi connectivity index (χ4n) is 2.69. The Morgan fingerprint density at radius 3 is 2.60 bits per heavy atom. The Bertz CT molecular complexity index is 946. The zero-order valence-electron chi connectivity index (χ0n) is 17.1. The fourth-order valence-corrected chi connectivity index (χ4v) is 2.89. The Morgan fingerprint density at radius 2 is 1.90 bits per heavy atom. The standard InChI is InChI=1S/C21H25ClN4O4/c1-13(27)23-9-7-21(2,3)26-20(30)17-12-16(6-8-24-17)25-19(29)11-14-10-15(22)4-5-18(14)28/h4-6,8,10,12,28H,7,9,11H2,1-3H3,(H,23,27)(H,26,30)(H,24,25,29). The number of amides is 3. The van der Waals surface area contributed by atoms with Crippen molar-refractivity contribution in [2.24, 2.45) is 0 Å². The molecule has 30 heavy (non-hydrogen) atoms. The van der Waals surface area contributed by atoms with Gasteiger partial charge < -0.3 is 21.1 Å². The number of aromatic nitrogens is 1. The number of aromatic hydroxyl groups is 1. The van der Waals surface area contributed by atoms with Crippen LogP contribution in [0, 0.1) is 0 Å². The summed E-state index contributed by atoms with van der Waals surface area (Å²) in [6.45, 7) is 5.55. The third-order valence-corrected chi connectivity index (χ3v) is 4.48. The topological polar surface area (TPSA) is 120 Å². The second-order valence-electron chi connectivity index (χ2n) is 7.50. The predicted octanol–water partition coefficient (Wildman–Crippen LogP) is 2.66. The number of benzene rings is 1. The average Bonchev–Trinajstić information content (AvgIpc) is 2.64. The van der Waals surface area contributed by atoms with Crippen LogP contribution in [0.4, 0.5) is 5.69 Å². The largest absolute Gasteiger partial charge is 0.508 e. The van der Waals surface area contributed by atoms with Crippen molar-refractivity contribution in [2.75, 3.05) is 11.9 Å². The van der Waals surface area contributed by atoms with Gasteiger partial charge in [-0.25, -0.2) is 0 Å². The van der Waals surface area contributed by atoms with E-state index in [0.29, 0.717) is 29.2 Å². The van der Waals surface area contributed by atoms with Crippen LogP contribution in [0.25, 0.3) is 0 Å². The van der Waals surface area contributed by atoms with Crippen LogP contribution < -0.4 is 16.0 Å². The second-order valence-corrected chi connectivity index (χ2v) is 7.94. The summed E-state index contributed by atoms with van der Waals surface area (Å²) >= 11 is 5.90. The molecule has 2 rings (SSSR count). The minimum atomic E-state index is -0.565. The van der Waals surface area contributed by atoms with Gasteiger partial charge >= 0.3 is 0 Å². The Kier molecular flexibility index (Phi) is 7.77. The lowest BCUT2D eigenvalue weighted by Crippen LogP contribution is -2.45. The molecule has 1 aromatic carbocycles. The van der Waals surface area contributed by atoms with E-state index in [1.54, 1.807) is 6.07 Å². The number of hydrogen-bond donors (Lipinski definition) is 4. The van der Waals surface area contributed by atoms with Gasteiger partial charge in [0.2, 0.25) is 11.8 Å². The third kappa shape index (κ3) is 7.36. The third-order valence-electron chi connectivity index (χ3n) is 4.24. The molecule has 0 radical (unpaired) electrons. The van der Waals surface area contributed by atoms with Crippen LogP contribution in [-0.4, -0.2) is 39.9 Å². The van der Waals surface area contributed by atoms with Crippen molar-refractivity contribution >= 4 is 35.0 Å². The van der Waals surface area contributed by atoms with E-state index >= 15 is 0 Å². The van der Waals surface area contributed by atoms with E-state index in [1.807, 2.05) is 13.8 Å². The molecule has 160 valence electrons. The van der Waals surface area contributed by atoms with E-state index in [0.717, 1.165) is 0 Å². The first-order valence-electron chi connectivity index (χ1n) is 9.36. The maximum absolute atomic E-state index is 12.5. The van der Waals surface area contributed by atoms with Crippen LogP contribution in [0.2, 0.25) is 5.02 Å². The van der Waals surface area contributed by atoms with Crippen molar-refractivity contribution in [3.05, 3.63) is 52.8 Å². The highest BCUT2D eigenvalue weighted by Gasteiger charge is 2.22. The van der Waals surface area contributed by atoms with Gasteiger partial charge in [0.25, 0.3) is 5.91 Å². The smallest absolute Gasteiger partial charge is 0.270 e. The van der Waals surface area contributed by atoms with Gasteiger partial charge in [-0.05, 0) is 50.6 Å². The molecule has 3 amide bonds. The zero-order valence-corrected chi connectivity index (χ0v) is 17.8. The number of hydrogen-bond acceptors (Lipinski definition) is 5. The summed E-state index contributed by atoms with van der Waals surface area (Å²) in [5.74, 6) is -0.925. The first-order valence-corrected chi connectivity index (χ1v) is 9.74. The highest BCUT2D eigenvalue weighted by Crippen LogP contribution is 2.22. The zero-order chi connectivity index (χ0) is 22.3. The van der Waals surface area contributed by atoms with Crippen LogP contribution in [0.5, 0.6) is 5.75 Å². The van der Waals surface area contributed by atoms with Gasteiger partial charge in [0.15, 0.2) is 0 Å². The van der Waals surface area contributed by atoms with E-state index in [1.165, 1.54) is 37.4 Å². The number of rotatable bonds is 8. The maximum atomic E-state index is 12.5. The van der Waals surface area contributed by atoms with Crippen molar-refractivity contribution < 1.29 is 19.5 Å². The SMILES string of the molecule is CC(=O)NCCC(C)(C)NC(=O)c1cc(NC(=O)Cc2cc(Cl)ccc2O)ccn1. The van der Waals surface area contributed by atoms with Gasteiger partial charge in [-0.1, -0.05) is 11.6 Å². The first kappa shape index (κ1) is 23.2. The Balaban J connectivity index is 1.99. The van der Waals surface area contributed by atoms with Crippen molar-refractivity contribution in [1.82, 2.24) is 15.6 Å². The summed E-state index contributed by atoms with van der Waals surface area (Å²) in [7, 11) is 0. The summed E-state index contributed by atoms with van der Waals surface area (Å²) in [5, 5.41) is 18.5. The number of halogens is 1. The molecule has 0 aliphatic carbocycles. The number of carbonyl (C=O) groups excluding carboxylic acids is 3. The van der Waals surface area contributed by atoms with Crippen LogP contribution in [-0.2, 0) is 16.0 Å². The van der Waals surface area contributed by atoms with Crippen molar-refractivity contribution in [2.45, 2.75) is 39.2 Å². The van der Waals surface area contributed by atoms with Crippen LogP contribution in [0.3, 0.4) is 0 Å². The average molecular weight is 433 g/mol. The summed E-state index contributed by atoms with van der Waals surface area (Å²) in [6, 6.07) is 7.51. The number of nitrogens with one attached hydrogen (secondary N) is 3. The van der Waals surface area contributed by atoms with Crippen LogP contribution in [0.1, 0.15) is 43.2 Å². The fraction of sp³-hybridized carbons (Fsp3) is 0.333. The molecule has 0 bridgehead atoms. The highest BCUT2D eigenvalue weighted by molar-refractivity contribution is 6.30. The maximum Gasteiger partial charge on any atom is 0.270 e. The lowest BCUT2D eigenvalue weighted by Gasteiger charge is -2.26. The molecule has 0 fully saturated rings. The van der Waals surface area contributed by atoms with E-state index in [4.69, 9.17) is 11.6 Å². The Hall–Kier alpha value is -3.13. The summed E-state index contributed by atoms with van der Waals surface area (Å²) in [4.78, 5) is 39.9. The first-order chi connectivity index (χ1) is 14.1. The van der Waals surface area contributed by atoms with E-state index < -0.39 is 11.4 Å². The lowest BCUT2D eigenvalue weighted by molar-refractivity contribution is -0.119. The Morgan fingerprint density at radius 1 is 1.17 bits per heavy atom. The number of pyridine rings is 1. The number of nitrogens with zero attached hydrogens (tertiary/aromatic N) is 1. The molecule has 0 aliphatic rings. The van der Waals surface area contributed by atoms with E-state index in [2.05, 4.69) is 20.9 Å². The monoisotopic (exact) mass is 432 g/mol. The molecule has 0 saturated carbocycles. The molecule has 0 spiro atoms. The van der Waals surface area contributed by atoms with Crippen molar-refractivity contribution in [3.8, 4) is 5.75 Å². The normalized spacial score (nSPS) is 10.9. The highest BCUT2D eigenvalue weighted by atomic mass is 35.5. The van der Waals surface area contributed by atoms with E-state index in [-0.39, 0.29) is 29.7 Å². The van der Waals surface area contributed by atoms with Crippen LogP contribution >= 0.6 is 11.6 Å². The Labute approximate surface area is 180 Å². The molecular formula is C21H25ClN4O4. The summed E-state index contributed by atoms with van der Waals surface area (Å²) < 4.78 is 0.